The van der Waals surface area contributed by atoms with Gasteiger partial charge in [0, 0.05) is 12.4 Å². The quantitative estimate of drug-likeness (QED) is 0.357. The number of rotatable bonds is 1. The number of carbonyl (C=O) groups excluding carboxylic acids is 2. The van der Waals surface area contributed by atoms with Gasteiger partial charge in [0.25, 0.3) is 0 Å². The van der Waals surface area contributed by atoms with E-state index in [4.69, 9.17) is 9.59 Å². The Morgan fingerprint density at radius 3 is 1.42 bits per heavy atom. The van der Waals surface area contributed by atoms with Crippen LogP contribution in [0, 0.1) is 0 Å². The fourth-order valence-electron chi connectivity index (χ4n) is 0.313. The zero-order chi connectivity index (χ0) is 9.66. The molecule has 3 heteroatoms. The molecule has 64 valence electrons. The van der Waals surface area contributed by atoms with E-state index in [1.807, 2.05) is 18.2 Å². The highest BCUT2D eigenvalue weighted by Gasteiger charge is 1.58. The highest BCUT2D eigenvalue weighted by Crippen LogP contribution is 1.73. The minimum absolute atomic E-state index is 0.194. The smallest absolute Gasteiger partial charge is 0.182 e. The van der Waals surface area contributed by atoms with Crippen LogP contribution in [0.1, 0.15) is 0 Å². The fraction of sp³-hybridized carbons (Fsp3) is 0. The second kappa shape index (κ2) is 16.1. The van der Waals surface area contributed by atoms with Crippen molar-refractivity contribution in [2.45, 2.75) is 0 Å². The Balaban J connectivity index is 0. The average molecular weight is 165 g/mol. The van der Waals surface area contributed by atoms with Crippen LogP contribution in [-0.4, -0.2) is 17.6 Å². The Hall–Kier alpha value is -1.77. The topological polar surface area (TPSA) is 47.0 Å². The van der Waals surface area contributed by atoms with Crippen molar-refractivity contribution < 1.29 is 9.59 Å². The molecule has 1 heterocycles. The van der Waals surface area contributed by atoms with E-state index in [1.165, 1.54) is 0 Å². The molecule has 0 fully saturated rings. The van der Waals surface area contributed by atoms with Gasteiger partial charge in [-0.25, -0.2) is 0 Å². The summed E-state index contributed by atoms with van der Waals surface area (Å²) in [6.45, 7) is 6.00. The first kappa shape index (κ1) is 12.9. The summed E-state index contributed by atoms with van der Waals surface area (Å²) in [7, 11) is 0. The molecule has 0 aliphatic rings. The fourth-order valence-corrected chi connectivity index (χ4v) is 0.313. The average Bonchev–Trinajstić information content (AvgIpc) is 2.24. The summed E-state index contributed by atoms with van der Waals surface area (Å²) in [5.74, 6) is 0. The summed E-state index contributed by atoms with van der Waals surface area (Å²) in [4.78, 5) is 21.4. The van der Waals surface area contributed by atoms with E-state index in [-0.39, 0.29) is 12.6 Å². The number of nitrogens with zero attached hydrogens (tertiary/aromatic N) is 1. The third-order valence-electron chi connectivity index (χ3n) is 0.622. The lowest BCUT2D eigenvalue weighted by molar-refractivity contribution is -0.122. The molecule has 0 aliphatic heterocycles. The summed E-state index contributed by atoms with van der Waals surface area (Å²) in [5.41, 5.74) is 0. The number of pyridine rings is 1. The Labute approximate surface area is 71.8 Å². The lowest BCUT2D eigenvalue weighted by atomic mass is 10.5. The van der Waals surface area contributed by atoms with Gasteiger partial charge in [-0.15, -0.1) is 13.2 Å². The van der Waals surface area contributed by atoms with Gasteiger partial charge < -0.3 is 0 Å². The van der Waals surface area contributed by atoms with Crippen LogP contribution in [0.15, 0.2) is 43.8 Å². The standard InChI is InChI=1S/C5H5N.C2H2O2.C2H4/c1-2-4-6-5-3-1;3-1-2-4;1-2/h1-5H;1-2H;1-2H2. The van der Waals surface area contributed by atoms with Crippen molar-refractivity contribution in [2.75, 3.05) is 0 Å². The molecule has 0 aromatic carbocycles. The highest BCUT2D eigenvalue weighted by molar-refractivity contribution is 6.09. The molecule has 1 aromatic rings. The summed E-state index contributed by atoms with van der Waals surface area (Å²) in [6, 6.07) is 5.72. The van der Waals surface area contributed by atoms with Gasteiger partial charge in [0.15, 0.2) is 12.6 Å². The van der Waals surface area contributed by atoms with Gasteiger partial charge in [0.1, 0.15) is 0 Å². The first-order valence-electron chi connectivity index (χ1n) is 3.15. The van der Waals surface area contributed by atoms with Gasteiger partial charge in [-0.2, -0.15) is 0 Å². The van der Waals surface area contributed by atoms with Gasteiger partial charge in [0.05, 0.1) is 0 Å². The summed E-state index contributed by atoms with van der Waals surface area (Å²) >= 11 is 0. The van der Waals surface area contributed by atoms with Crippen LogP contribution in [0.5, 0.6) is 0 Å². The van der Waals surface area contributed by atoms with Crippen LogP contribution in [-0.2, 0) is 9.59 Å². The summed E-state index contributed by atoms with van der Waals surface area (Å²) in [6.07, 6.45) is 3.89. The molecular weight excluding hydrogens is 154 g/mol. The molecular formula is C9H11NO2. The molecule has 0 saturated carbocycles. The van der Waals surface area contributed by atoms with Crippen LogP contribution < -0.4 is 0 Å². The molecule has 0 aliphatic carbocycles. The number of carbonyl (C=O) groups is 2. The predicted molar refractivity (Wildman–Crippen MR) is 47.6 cm³/mol. The van der Waals surface area contributed by atoms with E-state index in [2.05, 4.69) is 18.1 Å². The summed E-state index contributed by atoms with van der Waals surface area (Å²) < 4.78 is 0. The lowest BCUT2D eigenvalue weighted by Crippen LogP contribution is -1.62. The van der Waals surface area contributed by atoms with Crippen molar-refractivity contribution in [1.29, 1.82) is 0 Å². The van der Waals surface area contributed by atoms with Crippen LogP contribution in [0.4, 0.5) is 0 Å². The molecule has 0 N–H and O–H groups in total. The van der Waals surface area contributed by atoms with E-state index < -0.39 is 0 Å². The van der Waals surface area contributed by atoms with Gasteiger partial charge in [-0.05, 0) is 12.1 Å². The number of hydrogen-bond acceptors (Lipinski definition) is 3. The Bertz CT molecular complexity index is 154. The minimum Gasteiger partial charge on any atom is -0.295 e. The highest BCUT2D eigenvalue weighted by atomic mass is 16.2. The number of hydrogen-bond donors (Lipinski definition) is 0. The monoisotopic (exact) mass is 165 g/mol. The van der Waals surface area contributed by atoms with Crippen LogP contribution in [0.3, 0.4) is 0 Å². The Morgan fingerprint density at radius 1 is 0.917 bits per heavy atom. The second-order valence-corrected chi connectivity index (χ2v) is 1.30. The van der Waals surface area contributed by atoms with Gasteiger partial charge in [0.2, 0.25) is 0 Å². The maximum Gasteiger partial charge on any atom is 0.182 e. The SMILES string of the molecule is C=C.O=CC=O.c1ccncc1. The van der Waals surface area contributed by atoms with Gasteiger partial charge in [-0.1, -0.05) is 6.07 Å². The third kappa shape index (κ3) is 15.7. The molecule has 0 amide bonds. The van der Waals surface area contributed by atoms with Crippen molar-refractivity contribution in [3.05, 3.63) is 43.8 Å². The van der Waals surface area contributed by atoms with Crippen molar-refractivity contribution in [1.82, 2.24) is 4.98 Å². The molecule has 0 spiro atoms. The minimum atomic E-state index is 0.194. The molecule has 12 heavy (non-hydrogen) atoms. The first-order chi connectivity index (χ1) is 5.91. The lowest BCUT2D eigenvalue weighted by Gasteiger charge is -1.70. The summed E-state index contributed by atoms with van der Waals surface area (Å²) in [5, 5.41) is 0. The largest absolute Gasteiger partial charge is 0.295 e. The van der Waals surface area contributed by atoms with E-state index >= 15 is 0 Å². The van der Waals surface area contributed by atoms with E-state index in [0.717, 1.165) is 0 Å². The van der Waals surface area contributed by atoms with Gasteiger partial charge in [-0.3, -0.25) is 14.6 Å². The molecule has 0 radical (unpaired) electrons. The van der Waals surface area contributed by atoms with Crippen molar-refractivity contribution in [3.8, 4) is 0 Å². The van der Waals surface area contributed by atoms with E-state index in [9.17, 15) is 0 Å². The van der Waals surface area contributed by atoms with Crippen molar-refractivity contribution >= 4 is 12.6 Å². The third-order valence-corrected chi connectivity index (χ3v) is 0.622. The van der Waals surface area contributed by atoms with Crippen LogP contribution in [0.25, 0.3) is 0 Å². The molecule has 0 saturated heterocycles. The number of aromatic nitrogens is 1. The van der Waals surface area contributed by atoms with Crippen LogP contribution >= 0.6 is 0 Å². The van der Waals surface area contributed by atoms with Crippen LogP contribution in [0.2, 0.25) is 0 Å². The molecule has 0 bridgehead atoms. The normalized spacial score (nSPS) is 6.00. The maximum absolute atomic E-state index is 8.81. The zero-order valence-electron chi connectivity index (χ0n) is 6.72. The van der Waals surface area contributed by atoms with E-state index in [0.29, 0.717) is 0 Å². The van der Waals surface area contributed by atoms with E-state index in [1.54, 1.807) is 12.4 Å². The number of aldehydes is 2. The predicted octanol–water partition coefficient (Wildman–Crippen LogP) is 1.27. The Kier molecular flexibility index (Phi) is 17.3. The first-order valence-corrected chi connectivity index (χ1v) is 3.15. The maximum atomic E-state index is 8.81. The molecule has 1 aromatic heterocycles. The van der Waals surface area contributed by atoms with Crippen molar-refractivity contribution in [3.63, 3.8) is 0 Å². The molecule has 3 nitrogen and oxygen atoms in total. The van der Waals surface area contributed by atoms with Crippen molar-refractivity contribution in [2.24, 2.45) is 0 Å². The molecule has 0 atom stereocenters. The molecule has 1 rings (SSSR count). The molecule has 0 unspecified atom stereocenters. The Morgan fingerprint density at radius 2 is 1.33 bits per heavy atom. The zero-order valence-corrected chi connectivity index (χ0v) is 6.72. The second-order valence-electron chi connectivity index (χ2n) is 1.30. The van der Waals surface area contributed by atoms with Gasteiger partial charge >= 0.3 is 0 Å².